The van der Waals surface area contributed by atoms with Crippen LogP contribution in [0.15, 0.2) is 24.3 Å². The number of nitrogens with one attached hydrogen (secondary N) is 2. The van der Waals surface area contributed by atoms with Crippen molar-refractivity contribution in [3.63, 3.8) is 0 Å². The Morgan fingerprint density at radius 1 is 1.29 bits per heavy atom. The van der Waals surface area contributed by atoms with Gasteiger partial charge >= 0.3 is 0 Å². The molecule has 2 rings (SSSR count). The van der Waals surface area contributed by atoms with Crippen molar-refractivity contribution in [1.29, 1.82) is 0 Å². The number of likely N-dealkylation sites (tertiary alicyclic amines) is 1. The van der Waals surface area contributed by atoms with Crippen LogP contribution in [0.25, 0.3) is 0 Å². The van der Waals surface area contributed by atoms with Crippen LogP contribution in [0.1, 0.15) is 43.0 Å². The fraction of sp³-hybridized carbons (Fsp3) is 0.619. The second-order valence-electron chi connectivity index (χ2n) is 7.46. The number of carbonyl (C=O) groups excluding carboxylic acids is 2. The van der Waals surface area contributed by atoms with Gasteiger partial charge in [-0.1, -0.05) is 30.7 Å². The minimum Gasteiger partial charge on any atom is -0.354 e. The average Bonchev–Trinajstić information content (AvgIpc) is 2.69. The monoisotopic (exact) mass is 425 g/mol. The van der Waals surface area contributed by atoms with Crippen LogP contribution in [-0.4, -0.2) is 60.9 Å². The summed E-state index contributed by atoms with van der Waals surface area (Å²) >= 11 is 7.76. The number of amides is 2. The number of benzene rings is 1. The Hall–Kier alpha value is -1.24. The van der Waals surface area contributed by atoms with E-state index in [4.69, 9.17) is 11.6 Å². The molecule has 0 aromatic heterocycles. The van der Waals surface area contributed by atoms with Crippen molar-refractivity contribution < 1.29 is 9.59 Å². The van der Waals surface area contributed by atoms with E-state index in [-0.39, 0.29) is 11.8 Å². The topological polar surface area (TPSA) is 61.4 Å². The first-order valence-corrected chi connectivity index (χ1v) is 11.8. The minimum absolute atomic E-state index is 0.123. The van der Waals surface area contributed by atoms with Crippen LogP contribution in [0, 0.1) is 5.92 Å². The second kappa shape index (κ2) is 12.3. The predicted octanol–water partition coefficient (Wildman–Crippen LogP) is 3.43. The van der Waals surface area contributed by atoms with Crippen LogP contribution in [0.3, 0.4) is 0 Å². The third-order valence-electron chi connectivity index (χ3n) is 5.18. The van der Waals surface area contributed by atoms with Crippen molar-refractivity contribution in [3.05, 3.63) is 34.9 Å². The maximum Gasteiger partial charge on any atom is 0.253 e. The summed E-state index contributed by atoms with van der Waals surface area (Å²) in [5, 5.41) is 6.22. The van der Waals surface area contributed by atoms with Crippen molar-refractivity contribution in [3.8, 4) is 0 Å². The molecule has 5 nitrogen and oxygen atoms in total. The Morgan fingerprint density at radius 3 is 2.68 bits per heavy atom. The van der Waals surface area contributed by atoms with Gasteiger partial charge in [0, 0.05) is 6.54 Å². The number of halogens is 1. The molecule has 1 aromatic rings. The lowest BCUT2D eigenvalue weighted by molar-refractivity contribution is -0.123. The lowest BCUT2D eigenvalue weighted by Gasteiger charge is -2.30. The summed E-state index contributed by atoms with van der Waals surface area (Å²) in [6.45, 7) is 6.25. The molecule has 1 heterocycles. The number of hydrogen-bond donors (Lipinski definition) is 2. The first kappa shape index (κ1) is 23.0. The number of carbonyl (C=O) groups is 2. The molecule has 0 aliphatic carbocycles. The highest BCUT2D eigenvalue weighted by molar-refractivity contribution is 7.98. The highest BCUT2D eigenvalue weighted by Crippen LogP contribution is 2.16. The molecule has 2 amide bonds. The summed E-state index contributed by atoms with van der Waals surface area (Å²) in [6, 6.07) is 6.33. The predicted molar refractivity (Wildman–Crippen MR) is 118 cm³/mol. The van der Waals surface area contributed by atoms with Crippen LogP contribution < -0.4 is 10.6 Å². The van der Waals surface area contributed by atoms with E-state index >= 15 is 0 Å². The molecule has 156 valence electrons. The lowest BCUT2D eigenvalue weighted by atomic mass is 9.99. The maximum absolute atomic E-state index is 12.6. The molecule has 1 aliphatic heterocycles. The first-order valence-electron chi connectivity index (χ1n) is 10.1. The number of rotatable bonds is 10. The van der Waals surface area contributed by atoms with E-state index in [1.54, 1.807) is 36.0 Å². The van der Waals surface area contributed by atoms with E-state index in [1.165, 1.54) is 12.8 Å². The molecule has 1 saturated heterocycles. The maximum atomic E-state index is 12.6. The van der Waals surface area contributed by atoms with E-state index in [1.807, 2.05) is 6.26 Å². The third-order valence-corrected chi connectivity index (χ3v) is 6.15. The fourth-order valence-corrected chi connectivity index (χ4v) is 4.00. The van der Waals surface area contributed by atoms with E-state index in [0.29, 0.717) is 23.6 Å². The summed E-state index contributed by atoms with van der Waals surface area (Å²) in [5.41, 5.74) is 0.394. The zero-order valence-electron chi connectivity index (χ0n) is 16.9. The molecule has 1 unspecified atom stereocenters. The average molecular weight is 426 g/mol. The van der Waals surface area contributed by atoms with E-state index < -0.39 is 6.04 Å². The zero-order chi connectivity index (χ0) is 20.4. The van der Waals surface area contributed by atoms with E-state index in [2.05, 4.69) is 22.5 Å². The largest absolute Gasteiger partial charge is 0.354 e. The zero-order valence-corrected chi connectivity index (χ0v) is 18.5. The van der Waals surface area contributed by atoms with Crippen molar-refractivity contribution in [1.82, 2.24) is 15.5 Å². The number of nitrogens with zero attached hydrogens (tertiary/aromatic N) is 1. The van der Waals surface area contributed by atoms with E-state index in [9.17, 15) is 9.59 Å². The molecule has 1 aromatic carbocycles. The SMILES string of the molecule is CSCCC(NC(=O)c1ccccc1Cl)C(=O)NCCCN1CCC(C)CC1. The summed E-state index contributed by atoms with van der Waals surface area (Å²) in [7, 11) is 0. The summed E-state index contributed by atoms with van der Waals surface area (Å²) in [5.74, 6) is 1.19. The van der Waals surface area contributed by atoms with Gasteiger partial charge in [0.1, 0.15) is 6.04 Å². The van der Waals surface area contributed by atoms with Crippen molar-refractivity contribution in [2.24, 2.45) is 5.92 Å². The molecule has 0 spiro atoms. The van der Waals surface area contributed by atoms with Crippen LogP contribution in [0.4, 0.5) is 0 Å². The van der Waals surface area contributed by atoms with Gasteiger partial charge in [0.25, 0.3) is 5.91 Å². The van der Waals surface area contributed by atoms with Crippen molar-refractivity contribution in [2.75, 3.05) is 38.2 Å². The molecule has 0 bridgehead atoms. The molecular weight excluding hydrogens is 394 g/mol. The van der Waals surface area contributed by atoms with Gasteiger partial charge in [-0.2, -0.15) is 11.8 Å². The molecular formula is C21H32ClN3O2S. The van der Waals surface area contributed by atoms with Crippen LogP contribution in [0.2, 0.25) is 5.02 Å². The second-order valence-corrected chi connectivity index (χ2v) is 8.85. The third kappa shape index (κ3) is 7.64. The minimum atomic E-state index is -0.549. The standard InChI is InChI=1S/C21H32ClN3O2S/c1-16-8-13-25(14-9-16)12-5-11-23-21(27)19(10-15-28-2)24-20(26)17-6-3-4-7-18(17)22/h3-4,6-7,16,19H,5,8-15H2,1-2H3,(H,23,27)(H,24,26). The highest BCUT2D eigenvalue weighted by Gasteiger charge is 2.22. The van der Waals surface area contributed by atoms with Gasteiger partial charge in [0.2, 0.25) is 5.91 Å². The molecule has 0 saturated carbocycles. The summed E-state index contributed by atoms with van der Waals surface area (Å²) in [6.07, 6.45) is 6.03. The number of hydrogen-bond acceptors (Lipinski definition) is 4. The quantitative estimate of drug-likeness (QED) is 0.564. The smallest absolute Gasteiger partial charge is 0.253 e. The van der Waals surface area contributed by atoms with Gasteiger partial charge in [-0.3, -0.25) is 9.59 Å². The fourth-order valence-electron chi connectivity index (χ4n) is 3.31. The van der Waals surface area contributed by atoms with Crippen molar-refractivity contribution in [2.45, 2.75) is 38.6 Å². The highest BCUT2D eigenvalue weighted by atomic mass is 35.5. The van der Waals surface area contributed by atoms with Crippen LogP contribution >= 0.6 is 23.4 Å². The van der Waals surface area contributed by atoms with Crippen molar-refractivity contribution >= 4 is 35.2 Å². The Labute approximate surface area is 178 Å². The van der Waals surface area contributed by atoms with Gasteiger partial charge in [0.15, 0.2) is 0 Å². The molecule has 0 radical (unpaired) electrons. The van der Waals surface area contributed by atoms with Gasteiger partial charge in [-0.15, -0.1) is 0 Å². The lowest BCUT2D eigenvalue weighted by Crippen LogP contribution is -2.47. The Bertz CT molecular complexity index is 636. The molecule has 2 N–H and O–H groups in total. The van der Waals surface area contributed by atoms with Gasteiger partial charge in [0.05, 0.1) is 10.6 Å². The normalized spacial score (nSPS) is 16.5. The summed E-state index contributed by atoms with van der Waals surface area (Å²) in [4.78, 5) is 27.6. The Morgan fingerprint density at radius 2 is 2.00 bits per heavy atom. The van der Waals surface area contributed by atoms with Gasteiger partial charge in [-0.25, -0.2) is 0 Å². The molecule has 1 fully saturated rings. The Balaban J connectivity index is 1.79. The van der Waals surface area contributed by atoms with E-state index in [0.717, 1.165) is 37.7 Å². The summed E-state index contributed by atoms with van der Waals surface area (Å²) < 4.78 is 0. The molecule has 7 heteroatoms. The van der Waals surface area contributed by atoms with Gasteiger partial charge < -0.3 is 15.5 Å². The van der Waals surface area contributed by atoms with Crippen LogP contribution in [0.5, 0.6) is 0 Å². The number of thioether (sulfide) groups is 1. The number of piperidine rings is 1. The van der Waals surface area contributed by atoms with Crippen LogP contribution in [-0.2, 0) is 4.79 Å². The first-order chi connectivity index (χ1) is 13.5. The van der Waals surface area contributed by atoms with Gasteiger partial charge in [-0.05, 0) is 75.4 Å². The molecule has 28 heavy (non-hydrogen) atoms. The molecule has 1 atom stereocenters. The Kier molecular flexibility index (Phi) is 10.2. The molecule has 1 aliphatic rings.